The average molecular weight is 548 g/mol. The monoisotopic (exact) mass is 547 g/mol. The van der Waals surface area contributed by atoms with Crippen LogP contribution in [0, 0.1) is 11.3 Å². The first-order valence-corrected chi connectivity index (χ1v) is 12.0. The zero-order valence-corrected chi connectivity index (χ0v) is 21.2. The second-order valence-corrected chi connectivity index (χ2v) is 8.85. The summed E-state index contributed by atoms with van der Waals surface area (Å²) in [5.41, 5.74) is 2.54. The summed E-state index contributed by atoms with van der Waals surface area (Å²) >= 11 is 12.2. The van der Waals surface area contributed by atoms with Gasteiger partial charge in [-0.1, -0.05) is 59.6 Å². The summed E-state index contributed by atoms with van der Waals surface area (Å²) in [6, 6.07) is 25.3. The normalized spacial score (nSPS) is 10.3. The smallest absolute Gasteiger partial charge is 0.341 e. The fourth-order valence-electron chi connectivity index (χ4n) is 3.46. The molecule has 38 heavy (non-hydrogen) atoms. The quantitative estimate of drug-likeness (QED) is 0.212. The van der Waals surface area contributed by atoms with Crippen LogP contribution in [0.15, 0.2) is 84.9 Å². The lowest BCUT2D eigenvalue weighted by atomic mass is 10.0. The molecule has 0 aliphatic carbocycles. The highest BCUT2D eigenvalue weighted by molar-refractivity contribution is 6.31. The van der Waals surface area contributed by atoms with Crippen LogP contribution in [-0.2, 0) is 4.79 Å². The standard InChI is InChI=1S/C29H19Cl2NO6/c30-22-7-10-27(38-25-12-18(15-32)11-23(31)13-25)28(14-22)37-16-26(33)21-3-1-19(2-4-21)20-5-8-24(9-6-20)36-17-29(34)35/h1-14H,16-17H2,(H,34,35). The summed E-state index contributed by atoms with van der Waals surface area (Å²) in [6.07, 6.45) is 0. The Hall–Kier alpha value is -4.51. The molecule has 0 aliphatic heterocycles. The molecule has 190 valence electrons. The predicted molar refractivity (Wildman–Crippen MR) is 143 cm³/mol. The van der Waals surface area contributed by atoms with Crippen LogP contribution in [0.2, 0.25) is 10.0 Å². The number of carbonyl (C=O) groups excluding carboxylic acids is 1. The summed E-state index contributed by atoms with van der Waals surface area (Å²) in [7, 11) is 0. The number of rotatable bonds is 10. The molecule has 0 fully saturated rings. The SMILES string of the molecule is N#Cc1cc(Cl)cc(Oc2ccc(Cl)cc2OCC(=O)c2ccc(-c3ccc(OCC(=O)O)cc3)cc2)c1. The van der Waals surface area contributed by atoms with Crippen molar-refractivity contribution in [3.05, 3.63) is 106 Å². The molecule has 0 aliphatic rings. The second kappa shape index (κ2) is 12.2. The molecular weight excluding hydrogens is 529 g/mol. The van der Waals surface area contributed by atoms with Gasteiger partial charge in [-0.2, -0.15) is 5.26 Å². The highest BCUT2D eigenvalue weighted by atomic mass is 35.5. The predicted octanol–water partition coefficient (Wildman–Crippen LogP) is 7.05. The molecule has 9 heteroatoms. The molecule has 0 heterocycles. The van der Waals surface area contributed by atoms with Gasteiger partial charge in [0, 0.05) is 21.7 Å². The topological polar surface area (TPSA) is 106 Å². The molecule has 0 bridgehead atoms. The summed E-state index contributed by atoms with van der Waals surface area (Å²) in [5, 5.41) is 18.6. The third-order valence-corrected chi connectivity index (χ3v) is 5.70. The van der Waals surface area contributed by atoms with Crippen molar-refractivity contribution in [3.63, 3.8) is 0 Å². The minimum Gasteiger partial charge on any atom is -0.482 e. The second-order valence-electron chi connectivity index (χ2n) is 7.98. The van der Waals surface area contributed by atoms with Crippen molar-refractivity contribution in [3.8, 4) is 40.2 Å². The van der Waals surface area contributed by atoms with E-state index in [1.807, 2.05) is 6.07 Å². The molecule has 0 spiro atoms. The van der Waals surface area contributed by atoms with Gasteiger partial charge in [0.05, 0.1) is 11.6 Å². The number of halogens is 2. The first-order valence-electron chi connectivity index (χ1n) is 11.2. The van der Waals surface area contributed by atoms with Crippen LogP contribution < -0.4 is 14.2 Å². The number of hydrogen-bond acceptors (Lipinski definition) is 6. The van der Waals surface area contributed by atoms with Gasteiger partial charge in [-0.3, -0.25) is 4.79 Å². The van der Waals surface area contributed by atoms with E-state index in [0.717, 1.165) is 11.1 Å². The number of carbonyl (C=O) groups is 2. The van der Waals surface area contributed by atoms with E-state index in [9.17, 15) is 9.59 Å². The van der Waals surface area contributed by atoms with Gasteiger partial charge in [-0.25, -0.2) is 4.79 Å². The van der Waals surface area contributed by atoms with Gasteiger partial charge >= 0.3 is 5.97 Å². The van der Waals surface area contributed by atoms with Gasteiger partial charge in [0.1, 0.15) is 11.5 Å². The van der Waals surface area contributed by atoms with E-state index in [1.54, 1.807) is 66.7 Å². The number of benzene rings is 4. The van der Waals surface area contributed by atoms with Crippen LogP contribution >= 0.6 is 23.2 Å². The Morgan fingerprint density at radius 1 is 0.737 bits per heavy atom. The first kappa shape index (κ1) is 26.6. The van der Waals surface area contributed by atoms with Crippen LogP contribution in [0.25, 0.3) is 11.1 Å². The lowest BCUT2D eigenvalue weighted by Crippen LogP contribution is -2.12. The number of hydrogen-bond donors (Lipinski definition) is 1. The molecule has 4 aromatic rings. The van der Waals surface area contributed by atoms with Gasteiger partial charge in [0.15, 0.2) is 30.5 Å². The largest absolute Gasteiger partial charge is 0.482 e. The first-order chi connectivity index (χ1) is 18.3. The van der Waals surface area contributed by atoms with E-state index in [0.29, 0.717) is 38.4 Å². The summed E-state index contributed by atoms with van der Waals surface area (Å²) in [4.78, 5) is 23.4. The maximum absolute atomic E-state index is 12.8. The van der Waals surface area contributed by atoms with Crippen LogP contribution in [0.5, 0.6) is 23.0 Å². The molecule has 0 unspecified atom stereocenters. The molecule has 4 aromatic carbocycles. The Morgan fingerprint density at radius 3 is 2.08 bits per heavy atom. The van der Waals surface area contributed by atoms with Gasteiger partial charge in [-0.15, -0.1) is 0 Å². The van der Waals surface area contributed by atoms with Gasteiger partial charge in [0.25, 0.3) is 0 Å². The zero-order valence-electron chi connectivity index (χ0n) is 19.7. The number of nitrogens with zero attached hydrogens (tertiary/aromatic N) is 1. The van der Waals surface area contributed by atoms with E-state index < -0.39 is 12.6 Å². The third kappa shape index (κ3) is 7.04. The summed E-state index contributed by atoms with van der Waals surface area (Å²) in [6.45, 7) is -0.672. The van der Waals surface area contributed by atoms with E-state index in [4.69, 9.17) is 47.8 Å². The zero-order chi connectivity index (χ0) is 27.1. The molecule has 4 rings (SSSR count). The van der Waals surface area contributed by atoms with Crippen LogP contribution in [0.3, 0.4) is 0 Å². The molecule has 0 saturated carbocycles. The number of aliphatic carboxylic acids is 1. The minimum atomic E-state index is -1.05. The molecule has 1 N–H and O–H groups in total. The summed E-state index contributed by atoms with van der Waals surface area (Å²) < 4.78 is 16.7. The van der Waals surface area contributed by atoms with E-state index in [2.05, 4.69) is 0 Å². The maximum Gasteiger partial charge on any atom is 0.341 e. The van der Waals surface area contributed by atoms with E-state index >= 15 is 0 Å². The van der Waals surface area contributed by atoms with E-state index in [-0.39, 0.29) is 18.1 Å². The fourth-order valence-corrected chi connectivity index (χ4v) is 3.84. The Balaban J connectivity index is 1.42. The highest BCUT2D eigenvalue weighted by Crippen LogP contribution is 2.35. The number of ether oxygens (including phenoxy) is 3. The number of carboxylic acids is 1. The van der Waals surface area contributed by atoms with Crippen molar-refractivity contribution < 1.29 is 28.9 Å². The molecule has 0 atom stereocenters. The van der Waals surface area contributed by atoms with Crippen molar-refractivity contribution >= 4 is 35.0 Å². The lowest BCUT2D eigenvalue weighted by molar-refractivity contribution is -0.139. The van der Waals surface area contributed by atoms with Gasteiger partial charge in [-0.05, 0) is 53.6 Å². The maximum atomic E-state index is 12.8. The lowest BCUT2D eigenvalue weighted by Gasteiger charge is -2.13. The van der Waals surface area contributed by atoms with Gasteiger partial charge in [0.2, 0.25) is 0 Å². The van der Waals surface area contributed by atoms with Crippen LogP contribution in [0.4, 0.5) is 0 Å². The number of Topliss-reactive ketones (excluding diaryl/α,β-unsaturated/α-hetero) is 1. The molecule has 0 amide bonds. The Bertz CT molecular complexity index is 1510. The molecule has 0 aromatic heterocycles. The average Bonchev–Trinajstić information content (AvgIpc) is 2.92. The van der Waals surface area contributed by atoms with E-state index in [1.165, 1.54) is 18.2 Å². The van der Waals surface area contributed by atoms with Crippen molar-refractivity contribution in [2.24, 2.45) is 0 Å². The van der Waals surface area contributed by atoms with Crippen molar-refractivity contribution in [1.29, 1.82) is 5.26 Å². The van der Waals surface area contributed by atoms with Crippen molar-refractivity contribution in [2.75, 3.05) is 13.2 Å². The number of carboxylic acid groups (broad SMARTS) is 1. The highest BCUT2D eigenvalue weighted by Gasteiger charge is 2.13. The van der Waals surface area contributed by atoms with Crippen molar-refractivity contribution in [1.82, 2.24) is 0 Å². The van der Waals surface area contributed by atoms with Gasteiger partial charge < -0.3 is 19.3 Å². The third-order valence-electron chi connectivity index (χ3n) is 5.25. The minimum absolute atomic E-state index is 0.255. The van der Waals surface area contributed by atoms with Crippen LogP contribution in [-0.4, -0.2) is 30.1 Å². The molecule has 0 saturated heterocycles. The Kier molecular flexibility index (Phi) is 8.49. The Morgan fingerprint density at radius 2 is 1.42 bits per heavy atom. The number of ketones is 1. The number of nitriles is 1. The molecule has 7 nitrogen and oxygen atoms in total. The molecule has 0 radical (unpaired) electrons. The molecular formula is C29H19Cl2NO6. The van der Waals surface area contributed by atoms with Crippen molar-refractivity contribution in [2.45, 2.75) is 0 Å². The summed E-state index contributed by atoms with van der Waals surface area (Å²) in [5.74, 6) is 0.0442. The fraction of sp³-hybridized carbons (Fsp3) is 0.0690. The van der Waals surface area contributed by atoms with Crippen LogP contribution in [0.1, 0.15) is 15.9 Å². The Labute approximate surface area is 228 Å².